The molecule has 4 nitrogen and oxygen atoms in total. The van der Waals surface area contributed by atoms with Gasteiger partial charge in [0, 0.05) is 10.0 Å². The lowest BCUT2D eigenvalue weighted by Gasteiger charge is -2.01. The van der Waals surface area contributed by atoms with Crippen LogP contribution in [0.5, 0.6) is 11.5 Å². The van der Waals surface area contributed by atoms with Crippen molar-refractivity contribution in [2.24, 2.45) is 0 Å². The number of phenols is 2. The molecule has 4 N–H and O–H groups in total. The molecule has 2 aliphatic carbocycles. The molecule has 2 aromatic carbocycles. The van der Waals surface area contributed by atoms with Crippen LogP contribution in [0.2, 0.25) is 15.9 Å². The number of halogens is 3. The van der Waals surface area contributed by atoms with E-state index in [0.717, 1.165) is 18.4 Å². The van der Waals surface area contributed by atoms with Crippen molar-refractivity contribution >= 4 is 46.3 Å². The van der Waals surface area contributed by atoms with E-state index in [1.54, 1.807) is 24.3 Å². The second kappa shape index (κ2) is 9.86. The fraction of sp³-hybridized carbons (Fsp3) is 0.333. The van der Waals surface area contributed by atoms with Crippen molar-refractivity contribution in [3.8, 4) is 11.5 Å². The van der Waals surface area contributed by atoms with Crippen LogP contribution in [0.1, 0.15) is 37.2 Å². The normalized spacial score (nSPS) is 15.3. The Balaban J connectivity index is 0.000000147. The maximum Gasteiger partial charge on any atom is 0.454 e. The van der Waals surface area contributed by atoms with E-state index in [1.807, 2.05) is 6.07 Å². The number of benzene rings is 2. The Bertz CT molecular complexity index is 737. The van der Waals surface area contributed by atoms with Gasteiger partial charge in [0.25, 0.3) is 0 Å². The molecule has 0 saturated heterocycles. The molecule has 4 rings (SSSR count). The number of aromatic hydroxyl groups is 2. The van der Waals surface area contributed by atoms with E-state index in [-0.39, 0.29) is 11.6 Å². The number of hydrogen-bond donors (Lipinski definition) is 4. The Kier molecular flexibility index (Phi) is 8.11. The second-order valence-corrected chi connectivity index (χ2v) is 8.05. The predicted molar refractivity (Wildman–Crippen MR) is 109 cm³/mol. The molecule has 0 aliphatic heterocycles. The number of phenolic OH excluding ortho intramolecular Hbond substituents is 2. The van der Waals surface area contributed by atoms with Gasteiger partial charge in [-0.05, 0) is 82.5 Å². The molecule has 140 valence electrons. The molecule has 8 heteroatoms. The molecule has 0 amide bonds. The highest BCUT2D eigenvalue weighted by Gasteiger charge is 2.33. The molecule has 0 aromatic heterocycles. The van der Waals surface area contributed by atoms with Gasteiger partial charge in [0.05, 0.1) is 4.47 Å². The first-order valence-corrected chi connectivity index (χ1v) is 9.81. The van der Waals surface area contributed by atoms with Gasteiger partial charge in [-0.25, -0.2) is 0 Å². The van der Waals surface area contributed by atoms with Crippen molar-refractivity contribution in [2.75, 3.05) is 0 Å². The van der Waals surface area contributed by atoms with Gasteiger partial charge in [-0.3, -0.25) is 0 Å². The smallest absolute Gasteiger partial charge is 0.454 e. The highest BCUT2D eigenvalue weighted by molar-refractivity contribution is 9.10. The van der Waals surface area contributed by atoms with Gasteiger partial charge in [0.2, 0.25) is 0 Å². The first kappa shape index (κ1) is 21.4. The summed E-state index contributed by atoms with van der Waals surface area (Å²) >= 11 is 14.5. The van der Waals surface area contributed by atoms with Crippen LogP contribution in [0, 0.1) is 0 Å². The van der Waals surface area contributed by atoms with Gasteiger partial charge in [-0.1, -0.05) is 36.0 Å². The molecule has 26 heavy (non-hydrogen) atoms. The minimum Gasteiger partial charge on any atom is -0.508 e. The summed E-state index contributed by atoms with van der Waals surface area (Å²) in [5.41, 5.74) is 1.01. The first-order valence-electron chi connectivity index (χ1n) is 8.26. The third-order valence-corrected chi connectivity index (χ3v) is 5.07. The Morgan fingerprint density at radius 1 is 0.846 bits per heavy atom. The van der Waals surface area contributed by atoms with E-state index in [0.29, 0.717) is 26.2 Å². The summed E-state index contributed by atoms with van der Waals surface area (Å²) in [6.45, 7) is 0. The minimum atomic E-state index is -1.04. The van der Waals surface area contributed by atoms with E-state index in [2.05, 4.69) is 15.9 Å². The van der Waals surface area contributed by atoms with Crippen molar-refractivity contribution in [2.45, 2.75) is 37.4 Å². The lowest BCUT2D eigenvalue weighted by molar-refractivity contribution is 0.403. The average molecular weight is 462 g/mol. The molecule has 0 unspecified atom stereocenters. The van der Waals surface area contributed by atoms with Crippen LogP contribution in [-0.2, 0) is 0 Å². The van der Waals surface area contributed by atoms with Crippen LogP contribution in [-0.4, -0.2) is 27.4 Å². The molecule has 0 bridgehead atoms. The van der Waals surface area contributed by atoms with Crippen molar-refractivity contribution in [1.29, 1.82) is 0 Å². The number of hydrogen-bond acceptors (Lipinski definition) is 4. The van der Waals surface area contributed by atoms with Crippen LogP contribution in [0.3, 0.4) is 0 Å². The zero-order valence-corrected chi connectivity index (χ0v) is 17.0. The van der Waals surface area contributed by atoms with Crippen molar-refractivity contribution in [3.63, 3.8) is 0 Å². The van der Waals surface area contributed by atoms with Gasteiger partial charge in [-0.2, -0.15) is 0 Å². The lowest BCUT2D eigenvalue weighted by atomic mass is 9.84. The average Bonchev–Trinajstić information content (AvgIpc) is 3.47. The number of rotatable bonds is 2. The van der Waals surface area contributed by atoms with Crippen LogP contribution < -0.4 is 0 Å². The van der Waals surface area contributed by atoms with Crippen LogP contribution in [0.15, 0.2) is 40.9 Å². The monoisotopic (exact) mass is 460 g/mol. The molecule has 0 spiro atoms. The van der Waals surface area contributed by atoms with Crippen LogP contribution in [0.25, 0.3) is 0 Å². The molecular weight excluding hydrogens is 442 g/mol. The van der Waals surface area contributed by atoms with Gasteiger partial charge >= 0.3 is 7.12 Å². The molecule has 0 atom stereocenters. The SMILES string of the molecule is OB(O)C1CC1.Oc1ccc(Cl)cc1Br.Oc1ccc(Cl)cc1C1CC1. The zero-order chi connectivity index (χ0) is 19.3. The lowest BCUT2D eigenvalue weighted by Crippen LogP contribution is -2.09. The van der Waals surface area contributed by atoms with Crippen LogP contribution >= 0.6 is 39.1 Å². The molecule has 0 heterocycles. The molecule has 0 radical (unpaired) electrons. The topological polar surface area (TPSA) is 80.9 Å². The summed E-state index contributed by atoms with van der Waals surface area (Å²) < 4.78 is 0.620. The summed E-state index contributed by atoms with van der Waals surface area (Å²) in [5.74, 6) is 1.37. The van der Waals surface area contributed by atoms with Gasteiger partial charge in [-0.15, -0.1) is 0 Å². The molecule has 2 aromatic rings. The van der Waals surface area contributed by atoms with Gasteiger partial charge in [0.1, 0.15) is 11.5 Å². The third-order valence-electron chi connectivity index (χ3n) is 3.96. The molecule has 2 fully saturated rings. The summed E-state index contributed by atoms with van der Waals surface area (Å²) in [6.07, 6.45) is 4.37. The standard InChI is InChI=1S/C9H9ClO.C6H4BrClO.C3H7BO2/c10-7-3-4-9(11)8(5-7)6-1-2-6;7-5-3-4(8)1-2-6(5)9;5-4(6)3-1-2-3/h3-6,11H,1-2H2;1-3,9H;3,5-6H,1-2H2. The fourth-order valence-corrected chi connectivity index (χ4v) is 2.99. The fourth-order valence-electron chi connectivity index (χ4n) is 2.12. The largest absolute Gasteiger partial charge is 0.508 e. The summed E-state index contributed by atoms with van der Waals surface area (Å²) in [4.78, 5) is 0. The van der Waals surface area contributed by atoms with E-state index in [4.69, 9.17) is 38.4 Å². The van der Waals surface area contributed by atoms with E-state index < -0.39 is 7.12 Å². The second-order valence-electron chi connectivity index (χ2n) is 6.32. The molecule has 2 saturated carbocycles. The Morgan fingerprint density at radius 3 is 1.77 bits per heavy atom. The highest BCUT2D eigenvalue weighted by Crippen LogP contribution is 2.44. The maximum absolute atomic E-state index is 9.39. The maximum atomic E-state index is 9.39. The van der Waals surface area contributed by atoms with Crippen molar-refractivity contribution in [3.05, 3.63) is 56.5 Å². The van der Waals surface area contributed by atoms with E-state index in [9.17, 15) is 5.11 Å². The molecular formula is C18H20BBrCl2O4. The summed E-state index contributed by atoms with van der Waals surface area (Å²) in [7, 11) is -1.04. The quantitative estimate of drug-likeness (QED) is 0.454. The summed E-state index contributed by atoms with van der Waals surface area (Å²) in [5, 5.41) is 36.1. The van der Waals surface area contributed by atoms with Crippen LogP contribution in [0.4, 0.5) is 0 Å². The predicted octanol–water partition coefficient (Wildman–Crippen LogP) is 5.35. The van der Waals surface area contributed by atoms with E-state index >= 15 is 0 Å². The van der Waals surface area contributed by atoms with Crippen molar-refractivity contribution < 1.29 is 20.3 Å². The Labute approximate surface area is 171 Å². The Hall–Kier alpha value is -0.915. The van der Waals surface area contributed by atoms with E-state index in [1.165, 1.54) is 18.9 Å². The zero-order valence-electron chi connectivity index (χ0n) is 13.9. The Morgan fingerprint density at radius 2 is 1.38 bits per heavy atom. The van der Waals surface area contributed by atoms with Gasteiger partial charge in [0.15, 0.2) is 0 Å². The van der Waals surface area contributed by atoms with Gasteiger partial charge < -0.3 is 20.3 Å². The summed E-state index contributed by atoms with van der Waals surface area (Å²) in [6, 6.07) is 10.0. The highest BCUT2D eigenvalue weighted by atomic mass is 79.9. The molecule has 2 aliphatic rings. The first-order chi connectivity index (χ1) is 12.3. The minimum absolute atomic E-state index is 0.208. The third kappa shape index (κ3) is 7.37. The van der Waals surface area contributed by atoms with Crippen molar-refractivity contribution in [1.82, 2.24) is 0 Å².